The van der Waals surface area contributed by atoms with Crippen LogP contribution >= 0.6 is 11.3 Å². The fraction of sp³-hybridized carbons (Fsp3) is 0.167. The lowest BCUT2D eigenvalue weighted by Gasteiger charge is -2.10. The molecule has 0 atom stereocenters. The molecule has 0 fully saturated rings. The number of rotatable bonds is 6. The van der Waals surface area contributed by atoms with Gasteiger partial charge in [0, 0.05) is 11.1 Å². The zero-order valence-corrected chi connectivity index (χ0v) is 14.7. The number of ether oxygens (including phenoxy) is 2. The summed E-state index contributed by atoms with van der Waals surface area (Å²) in [7, 11) is 1.56. The minimum Gasteiger partial charge on any atom is -0.493 e. The zero-order chi connectivity index (χ0) is 17.6. The predicted octanol–water partition coefficient (Wildman–Crippen LogP) is 3.86. The van der Waals surface area contributed by atoms with Crippen LogP contribution in [0.15, 0.2) is 48.5 Å². The van der Waals surface area contributed by atoms with Crippen molar-refractivity contribution in [1.82, 2.24) is 10.2 Å². The second-order valence-corrected chi connectivity index (χ2v) is 6.01. The fourth-order valence-corrected chi connectivity index (χ4v) is 2.97. The number of carbonyl (C=O) groups excluding carboxylic acids is 1. The first-order valence-electron chi connectivity index (χ1n) is 7.72. The Bertz CT molecular complexity index is 865. The van der Waals surface area contributed by atoms with Crippen LogP contribution in [-0.2, 0) is 0 Å². The van der Waals surface area contributed by atoms with E-state index in [0.29, 0.717) is 28.8 Å². The van der Waals surface area contributed by atoms with E-state index in [0.717, 1.165) is 10.6 Å². The summed E-state index contributed by atoms with van der Waals surface area (Å²) in [6, 6.07) is 14.7. The summed E-state index contributed by atoms with van der Waals surface area (Å²) in [6.45, 7) is 2.36. The van der Waals surface area contributed by atoms with Crippen LogP contribution in [0.1, 0.15) is 17.3 Å². The average molecular weight is 355 g/mol. The Morgan fingerprint density at radius 3 is 2.64 bits per heavy atom. The lowest BCUT2D eigenvalue weighted by Crippen LogP contribution is -2.12. The summed E-state index contributed by atoms with van der Waals surface area (Å²) >= 11 is 1.32. The molecular formula is C18H17N3O3S. The minimum absolute atomic E-state index is 0.278. The molecule has 0 unspecified atom stereocenters. The highest BCUT2D eigenvalue weighted by Gasteiger charge is 2.14. The summed E-state index contributed by atoms with van der Waals surface area (Å²) < 4.78 is 10.7. The monoisotopic (exact) mass is 355 g/mol. The van der Waals surface area contributed by atoms with Crippen molar-refractivity contribution in [3.8, 4) is 22.1 Å². The van der Waals surface area contributed by atoms with Gasteiger partial charge in [-0.05, 0) is 25.1 Å². The van der Waals surface area contributed by atoms with Gasteiger partial charge >= 0.3 is 0 Å². The van der Waals surface area contributed by atoms with Gasteiger partial charge in [-0.2, -0.15) is 0 Å². The van der Waals surface area contributed by atoms with Crippen LogP contribution in [0.4, 0.5) is 5.13 Å². The molecule has 0 bridgehead atoms. The van der Waals surface area contributed by atoms with Crippen molar-refractivity contribution < 1.29 is 14.3 Å². The third-order valence-electron chi connectivity index (χ3n) is 3.39. The van der Waals surface area contributed by atoms with Crippen LogP contribution < -0.4 is 14.8 Å². The molecule has 1 amide bonds. The summed E-state index contributed by atoms with van der Waals surface area (Å²) in [6.07, 6.45) is 0. The van der Waals surface area contributed by atoms with Crippen molar-refractivity contribution in [1.29, 1.82) is 0 Å². The number of nitrogens with one attached hydrogen (secondary N) is 1. The first kappa shape index (κ1) is 16.9. The van der Waals surface area contributed by atoms with E-state index in [1.807, 2.05) is 37.3 Å². The zero-order valence-electron chi connectivity index (χ0n) is 13.9. The highest BCUT2D eigenvalue weighted by Crippen LogP contribution is 2.29. The summed E-state index contributed by atoms with van der Waals surface area (Å²) in [5.41, 5.74) is 1.42. The van der Waals surface area contributed by atoms with Gasteiger partial charge in [0.2, 0.25) is 5.13 Å². The van der Waals surface area contributed by atoms with E-state index in [4.69, 9.17) is 9.47 Å². The molecule has 0 saturated carbocycles. The summed E-state index contributed by atoms with van der Waals surface area (Å²) in [4.78, 5) is 12.4. The Labute approximate surface area is 149 Å². The SMILES string of the molecule is CCOc1cc(C(=O)Nc2nnc(-c3ccccc3)s2)ccc1OC. The van der Waals surface area contributed by atoms with Gasteiger partial charge in [0.25, 0.3) is 5.91 Å². The van der Waals surface area contributed by atoms with Crippen LogP contribution in [0, 0.1) is 0 Å². The van der Waals surface area contributed by atoms with Crippen molar-refractivity contribution >= 4 is 22.4 Å². The molecule has 3 aromatic rings. The highest BCUT2D eigenvalue weighted by molar-refractivity contribution is 7.18. The largest absolute Gasteiger partial charge is 0.493 e. The molecule has 0 spiro atoms. The molecule has 0 aliphatic carbocycles. The van der Waals surface area contributed by atoms with Crippen molar-refractivity contribution in [2.45, 2.75) is 6.92 Å². The minimum atomic E-state index is -0.278. The Hall–Kier alpha value is -2.93. The van der Waals surface area contributed by atoms with Crippen LogP contribution in [0.5, 0.6) is 11.5 Å². The Balaban J connectivity index is 1.76. The molecule has 25 heavy (non-hydrogen) atoms. The number of aromatic nitrogens is 2. The second-order valence-electron chi connectivity index (χ2n) is 5.03. The molecular weight excluding hydrogens is 338 g/mol. The predicted molar refractivity (Wildman–Crippen MR) is 97.5 cm³/mol. The molecule has 3 rings (SSSR count). The van der Waals surface area contributed by atoms with E-state index in [1.165, 1.54) is 11.3 Å². The van der Waals surface area contributed by atoms with E-state index in [-0.39, 0.29) is 5.91 Å². The van der Waals surface area contributed by atoms with Gasteiger partial charge in [-0.1, -0.05) is 41.7 Å². The standard InChI is InChI=1S/C18H17N3O3S/c1-3-24-15-11-13(9-10-14(15)23-2)16(22)19-18-21-20-17(25-18)12-7-5-4-6-8-12/h4-11H,3H2,1-2H3,(H,19,21,22). The van der Waals surface area contributed by atoms with E-state index < -0.39 is 0 Å². The highest BCUT2D eigenvalue weighted by atomic mass is 32.1. The number of amides is 1. The normalized spacial score (nSPS) is 10.3. The van der Waals surface area contributed by atoms with Crippen LogP contribution in [0.3, 0.4) is 0 Å². The van der Waals surface area contributed by atoms with Gasteiger partial charge < -0.3 is 9.47 Å². The molecule has 7 heteroatoms. The first-order chi connectivity index (χ1) is 12.2. The summed E-state index contributed by atoms with van der Waals surface area (Å²) in [5.74, 6) is 0.833. The van der Waals surface area contributed by atoms with Gasteiger partial charge in [-0.25, -0.2) is 0 Å². The summed E-state index contributed by atoms with van der Waals surface area (Å²) in [5, 5.41) is 12.1. The Morgan fingerprint density at radius 2 is 1.92 bits per heavy atom. The van der Waals surface area contributed by atoms with Crippen molar-refractivity contribution in [3.63, 3.8) is 0 Å². The van der Waals surface area contributed by atoms with Crippen LogP contribution in [-0.4, -0.2) is 29.8 Å². The Kier molecular flexibility index (Phi) is 5.25. The number of methoxy groups -OCH3 is 1. The van der Waals surface area contributed by atoms with Crippen LogP contribution in [0.2, 0.25) is 0 Å². The maximum atomic E-state index is 12.4. The van der Waals surface area contributed by atoms with Gasteiger partial charge in [0.05, 0.1) is 13.7 Å². The van der Waals surface area contributed by atoms with E-state index >= 15 is 0 Å². The lowest BCUT2D eigenvalue weighted by atomic mass is 10.2. The fourth-order valence-electron chi connectivity index (χ4n) is 2.23. The molecule has 0 radical (unpaired) electrons. The molecule has 2 aromatic carbocycles. The van der Waals surface area contributed by atoms with Gasteiger partial charge in [0.15, 0.2) is 11.5 Å². The maximum absolute atomic E-state index is 12.4. The molecule has 0 aliphatic rings. The average Bonchev–Trinajstić information content (AvgIpc) is 3.11. The first-order valence-corrected chi connectivity index (χ1v) is 8.54. The molecule has 6 nitrogen and oxygen atoms in total. The van der Waals surface area contributed by atoms with Crippen molar-refractivity contribution in [2.24, 2.45) is 0 Å². The van der Waals surface area contributed by atoms with Crippen molar-refractivity contribution in [3.05, 3.63) is 54.1 Å². The number of anilines is 1. The molecule has 1 N–H and O–H groups in total. The van der Waals surface area contributed by atoms with Gasteiger partial charge in [-0.3, -0.25) is 10.1 Å². The van der Waals surface area contributed by atoms with E-state index in [9.17, 15) is 4.79 Å². The number of nitrogens with zero attached hydrogens (tertiary/aromatic N) is 2. The number of carbonyl (C=O) groups is 1. The van der Waals surface area contributed by atoms with E-state index in [1.54, 1.807) is 25.3 Å². The van der Waals surface area contributed by atoms with Crippen LogP contribution in [0.25, 0.3) is 10.6 Å². The van der Waals surface area contributed by atoms with E-state index in [2.05, 4.69) is 15.5 Å². The Morgan fingerprint density at radius 1 is 1.12 bits per heavy atom. The molecule has 128 valence electrons. The second kappa shape index (κ2) is 7.76. The topological polar surface area (TPSA) is 73.3 Å². The van der Waals surface area contributed by atoms with Gasteiger partial charge in [0.1, 0.15) is 5.01 Å². The smallest absolute Gasteiger partial charge is 0.257 e. The molecule has 1 heterocycles. The van der Waals surface area contributed by atoms with Crippen molar-refractivity contribution in [2.75, 3.05) is 19.0 Å². The third-order valence-corrected chi connectivity index (χ3v) is 4.28. The molecule has 1 aromatic heterocycles. The van der Waals surface area contributed by atoms with Gasteiger partial charge in [-0.15, -0.1) is 10.2 Å². The lowest BCUT2D eigenvalue weighted by molar-refractivity contribution is 0.102. The molecule has 0 aliphatic heterocycles. The quantitative estimate of drug-likeness (QED) is 0.727. The number of benzene rings is 2. The third kappa shape index (κ3) is 3.95. The number of hydrogen-bond donors (Lipinski definition) is 1. The maximum Gasteiger partial charge on any atom is 0.257 e. The molecule has 0 saturated heterocycles. The number of hydrogen-bond acceptors (Lipinski definition) is 6.